The summed E-state index contributed by atoms with van der Waals surface area (Å²) in [6.07, 6.45) is 2.04. The fourth-order valence-electron chi connectivity index (χ4n) is 2.53. The smallest absolute Gasteiger partial charge is 0.270 e. The molecule has 0 bridgehead atoms. The van der Waals surface area contributed by atoms with E-state index in [4.69, 9.17) is 4.74 Å². The first kappa shape index (κ1) is 14.5. The molecule has 0 spiro atoms. The van der Waals surface area contributed by atoms with E-state index in [1.54, 1.807) is 13.2 Å². The lowest BCUT2D eigenvalue weighted by molar-refractivity contribution is -0.384. The number of benzene rings is 1. The van der Waals surface area contributed by atoms with Crippen LogP contribution in [0, 0.1) is 10.1 Å². The number of rotatable bonds is 4. The Labute approximate surface area is 117 Å². The van der Waals surface area contributed by atoms with Gasteiger partial charge in [-0.2, -0.15) is 0 Å². The average molecular weight is 278 g/mol. The molecular weight excluding hydrogens is 260 g/mol. The quantitative estimate of drug-likeness (QED) is 0.480. The van der Waals surface area contributed by atoms with Crippen LogP contribution in [0.2, 0.25) is 0 Å². The van der Waals surface area contributed by atoms with Crippen LogP contribution in [0.3, 0.4) is 0 Å². The summed E-state index contributed by atoms with van der Waals surface area (Å²) in [7, 11) is 1.70. The van der Waals surface area contributed by atoms with E-state index in [-0.39, 0.29) is 17.6 Å². The van der Waals surface area contributed by atoms with Crippen molar-refractivity contribution in [2.75, 3.05) is 25.1 Å². The van der Waals surface area contributed by atoms with Crippen molar-refractivity contribution in [1.29, 1.82) is 0 Å². The molecule has 1 fully saturated rings. The Morgan fingerprint density at radius 2 is 2.05 bits per heavy atom. The standard InChI is InChI=1S/C14H18N2O4/c1-10(17)13-9-11(16(18)19)3-4-14(13)15-7-5-12(20-2)6-8-15/h3-4,9,12H,5-8H2,1-2H3. The minimum atomic E-state index is -0.479. The van der Waals surface area contributed by atoms with Gasteiger partial charge in [0.15, 0.2) is 5.78 Å². The summed E-state index contributed by atoms with van der Waals surface area (Å²) in [5.74, 6) is -0.155. The molecule has 6 nitrogen and oxygen atoms in total. The van der Waals surface area contributed by atoms with Crippen molar-refractivity contribution in [1.82, 2.24) is 0 Å². The summed E-state index contributed by atoms with van der Waals surface area (Å²) in [6, 6.07) is 4.48. The van der Waals surface area contributed by atoms with Gasteiger partial charge in [0.1, 0.15) is 0 Å². The summed E-state index contributed by atoms with van der Waals surface area (Å²) in [6.45, 7) is 3.01. The number of nitrogens with zero attached hydrogens (tertiary/aromatic N) is 2. The van der Waals surface area contributed by atoms with E-state index in [1.807, 2.05) is 0 Å². The van der Waals surface area contributed by atoms with Gasteiger partial charge in [-0.05, 0) is 25.8 Å². The van der Waals surface area contributed by atoms with Crippen LogP contribution in [0.25, 0.3) is 0 Å². The number of ether oxygens (including phenoxy) is 1. The minimum absolute atomic E-state index is 0.0503. The molecule has 0 unspecified atom stereocenters. The van der Waals surface area contributed by atoms with Crippen LogP contribution in [-0.2, 0) is 4.74 Å². The molecule has 1 aliphatic heterocycles. The highest BCUT2D eigenvalue weighted by Crippen LogP contribution is 2.28. The maximum Gasteiger partial charge on any atom is 0.270 e. The Morgan fingerprint density at radius 3 is 2.55 bits per heavy atom. The van der Waals surface area contributed by atoms with Crippen molar-refractivity contribution >= 4 is 17.2 Å². The number of nitro groups is 1. The first-order valence-electron chi connectivity index (χ1n) is 6.60. The summed E-state index contributed by atoms with van der Waals surface area (Å²) in [5, 5.41) is 10.8. The summed E-state index contributed by atoms with van der Waals surface area (Å²) in [5.41, 5.74) is 1.14. The van der Waals surface area contributed by atoms with Crippen molar-refractivity contribution in [2.45, 2.75) is 25.9 Å². The van der Waals surface area contributed by atoms with Crippen molar-refractivity contribution in [3.8, 4) is 0 Å². The zero-order valence-corrected chi connectivity index (χ0v) is 11.7. The molecule has 0 amide bonds. The molecule has 0 aromatic heterocycles. The normalized spacial score (nSPS) is 16.2. The van der Waals surface area contributed by atoms with Crippen molar-refractivity contribution in [3.05, 3.63) is 33.9 Å². The highest BCUT2D eigenvalue weighted by atomic mass is 16.6. The van der Waals surface area contributed by atoms with Crippen molar-refractivity contribution < 1.29 is 14.5 Å². The largest absolute Gasteiger partial charge is 0.381 e. The van der Waals surface area contributed by atoms with E-state index >= 15 is 0 Å². The third-order valence-corrected chi connectivity index (χ3v) is 3.69. The molecule has 108 valence electrons. The van der Waals surface area contributed by atoms with E-state index in [1.165, 1.54) is 19.1 Å². The van der Waals surface area contributed by atoms with Crippen LogP contribution in [0.5, 0.6) is 0 Å². The molecule has 1 aliphatic rings. The van der Waals surface area contributed by atoms with Crippen LogP contribution in [0.1, 0.15) is 30.1 Å². The maximum absolute atomic E-state index is 11.7. The molecule has 0 saturated carbocycles. The van der Waals surface area contributed by atoms with Gasteiger partial charge >= 0.3 is 0 Å². The predicted molar refractivity (Wildman–Crippen MR) is 75.3 cm³/mol. The molecule has 1 saturated heterocycles. The monoisotopic (exact) mass is 278 g/mol. The number of hydrogen-bond donors (Lipinski definition) is 0. The lowest BCUT2D eigenvalue weighted by Gasteiger charge is -2.33. The van der Waals surface area contributed by atoms with Gasteiger partial charge in [0.2, 0.25) is 0 Å². The molecule has 1 aromatic rings. The van der Waals surface area contributed by atoms with Gasteiger partial charge in [-0.3, -0.25) is 14.9 Å². The van der Waals surface area contributed by atoms with Gasteiger partial charge < -0.3 is 9.64 Å². The molecular formula is C14H18N2O4. The maximum atomic E-state index is 11.7. The zero-order valence-electron chi connectivity index (χ0n) is 11.7. The minimum Gasteiger partial charge on any atom is -0.381 e. The molecule has 20 heavy (non-hydrogen) atoms. The Kier molecular flexibility index (Phi) is 4.34. The number of carbonyl (C=O) groups excluding carboxylic acids is 1. The summed E-state index contributed by atoms with van der Waals surface area (Å²) < 4.78 is 5.32. The van der Waals surface area contributed by atoms with Crippen molar-refractivity contribution in [3.63, 3.8) is 0 Å². The van der Waals surface area contributed by atoms with Gasteiger partial charge in [0.05, 0.1) is 11.0 Å². The van der Waals surface area contributed by atoms with Crippen LogP contribution in [0.15, 0.2) is 18.2 Å². The second-order valence-corrected chi connectivity index (χ2v) is 4.94. The van der Waals surface area contributed by atoms with E-state index < -0.39 is 4.92 Å². The molecule has 0 radical (unpaired) electrons. The first-order valence-corrected chi connectivity index (χ1v) is 6.60. The highest BCUT2D eigenvalue weighted by Gasteiger charge is 2.23. The Bertz CT molecular complexity index is 522. The number of nitro benzene ring substituents is 1. The number of methoxy groups -OCH3 is 1. The average Bonchev–Trinajstić information content (AvgIpc) is 2.46. The molecule has 6 heteroatoms. The SMILES string of the molecule is COC1CCN(c2ccc([N+](=O)[O-])cc2C(C)=O)CC1. The van der Waals surface area contributed by atoms with Gasteiger partial charge in [-0.25, -0.2) is 0 Å². The van der Waals surface area contributed by atoms with Crippen LogP contribution in [0.4, 0.5) is 11.4 Å². The summed E-state index contributed by atoms with van der Waals surface area (Å²) in [4.78, 5) is 24.2. The van der Waals surface area contributed by atoms with E-state index in [2.05, 4.69) is 4.90 Å². The van der Waals surface area contributed by atoms with Gasteiger partial charge in [-0.15, -0.1) is 0 Å². The molecule has 0 aliphatic carbocycles. The van der Waals surface area contributed by atoms with Crippen LogP contribution >= 0.6 is 0 Å². The zero-order chi connectivity index (χ0) is 14.7. The molecule has 0 N–H and O–H groups in total. The number of non-ortho nitro benzene ring substituents is 1. The van der Waals surface area contributed by atoms with Crippen LogP contribution in [-0.4, -0.2) is 37.0 Å². The number of carbonyl (C=O) groups is 1. The number of piperidine rings is 1. The molecule has 2 rings (SSSR count). The number of anilines is 1. The third kappa shape index (κ3) is 2.96. The molecule has 1 aromatic carbocycles. The lowest BCUT2D eigenvalue weighted by atomic mass is 10.0. The van der Waals surface area contributed by atoms with E-state index in [9.17, 15) is 14.9 Å². The molecule has 1 heterocycles. The second kappa shape index (κ2) is 6.00. The van der Waals surface area contributed by atoms with E-state index in [0.29, 0.717) is 5.56 Å². The van der Waals surface area contributed by atoms with Crippen molar-refractivity contribution in [2.24, 2.45) is 0 Å². The van der Waals surface area contributed by atoms with E-state index in [0.717, 1.165) is 31.6 Å². The Balaban J connectivity index is 2.27. The Hall–Kier alpha value is -1.95. The topological polar surface area (TPSA) is 72.7 Å². The number of ketones is 1. The highest BCUT2D eigenvalue weighted by molar-refractivity contribution is 6.00. The lowest BCUT2D eigenvalue weighted by Crippen LogP contribution is -2.37. The third-order valence-electron chi connectivity index (χ3n) is 3.69. The Morgan fingerprint density at radius 1 is 1.40 bits per heavy atom. The van der Waals surface area contributed by atoms with Gasteiger partial charge in [0, 0.05) is 43.6 Å². The number of hydrogen-bond acceptors (Lipinski definition) is 5. The fourth-order valence-corrected chi connectivity index (χ4v) is 2.53. The molecule has 0 atom stereocenters. The van der Waals surface area contributed by atoms with Gasteiger partial charge in [-0.1, -0.05) is 0 Å². The fraction of sp³-hybridized carbons (Fsp3) is 0.500. The predicted octanol–water partition coefficient (Wildman–Crippen LogP) is 2.41. The first-order chi connectivity index (χ1) is 9.52. The van der Waals surface area contributed by atoms with Crippen LogP contribution < -0.4 is 4.90 Å². The van der Waals surface area contributed by atoms with Gasteiger partial charge in [0.25, 0.3) is 5.69 Å². The second-order valence-electron chi connectivity index (χ2n) is 4.94. The number of Topliss-reactive ketones (excluding diaryl/α,β-unsaturated/α-hetero) is 1. The summed E-state index contributed by atoms with van der Waals surface area (Å²) >= 11 is 0.